The summed E-state index contributed by atoms with van der Waals surface area (Å²) in [6.45, 7) is 4.59. The molecule has 3 aromatic carbocycles. The molecule has 1 fully saturated rings. The monoisotopic (exact) mass is 525 g/mol. The van der Waals surface area contributed by atoms with E-state index in [1.165, 1.54) is 11.8 Å². The van der Waals surface area contributed by atoms with E-state index in [1.807, 2.05) is 109 Å². The van der Waals surface area contributed by atoms with Crippen LogP contribution < -0.4 is 4.74 Å². The molecule has 7 heteroatoms. The Balaban J connectivity index is 1.46. The number of hydrogen-bond donors (Lipinski definition) is 0. The molecule has 2 heterocycles. The van der Waals surface area contributed by atoms with Gasteiger partial charge in [0, 0.05) is 23.4 Å². The van der Waals surface area contributed by atoms with Crippen LogP contribution >= 0.6 is 24.0 Å². The Kier molecular flexibility index (Phi) is 7.53. The maximum Gasteiger partial charge on any atom is 0.266 e. The normalized spacial score (nSPS) is 15.4. The minimum atomic E-state index is -0.0487. The van der Waals surface area contributed by atoms with Gasteiger partial charge in [0.2, 0.25) is 0 Å². The molecule has 1 amide bonds. The van der Waals surface area contributed by atoms with Crippen molar-refractivity contribution in [1.29, 1.82) is 0 Å². The summed E-state index contributed by atoms with van der Waals surface area (Å²) in [7, 11) is 0. The van der Waals surface area contributed by atoms with E-state index in [1.54, 1.807) is 4.90 Å². The van der Waals surface area contributed by atoms with Gasteiger partial charge in [0.05, 0.1) is 16.3 Å². The third-order valence-corrected chi connectivity index (χ3v) is 7.61. The van der Waals surface area contributed by atoms with Crippen LogP contribution in [0.25, 0.3) is 23.0 Å². The Bertz CT molecular complexity index is 1430. The molecule has 0 spiro atoms. The predicted octanol–water partition coefficient (Wildman–Crippen LogP) is 7.12. The van der Waals surface area contributed by atoms with E-state index >= 15 is 0 Å². The summed E-state index contributed by atoms with van der Waals surface area (Å²) in [5.74, 6) is 0.735. The highest BCUT2D eigenvalue weighted by molar-refractivity contribution is 8.26. The molecule has 5 nitrogen and oxygen atoms in total. The summed E-state index contributed by atoms with van der Waals surface area (Å²) in [5, 5.41) is 4.89. The average molecular weight is 526 g/mol. The fourth-order valence-electron chi connectivity index (χ4n) is 4.06. The minimum Gasteiger partial charge on any atom is -0.489 e. The van der Waals surface area contributed by atoms with Gasteiger partial charge in [-0.3, -0.25) is 9.69 Å². The molecule has 0 N–H and O–H groups in total. The van der Waals surface area contributed by atoms with Crippen LogP contribution in [0.5, 0.6) is 5.75 Å². The number of thioether (sulfide) groups is 1. The number of ether oxygens (including phenoxy) is 1. The number of rotatable bonds is 8. The number of amides is 1. The van der Waals surface area contributed by atoms with Crippen molar-refractivity contribution < 1.29 is 9.53 Å². The van der Waals surface area contributed by atoms with Crippen LogP contribution in [0.2, 0.25) is 0 Å². The van der Waals surface area contributed by atoms with Crippen LogP contribution in [-0.2, 0) is 11.4 Å². The summed E-state index contributed by atoms with van der Waals surface area (Å²) in [4.78, 5) is 15.5. The molecule has 1 atom stereocenters. The lowest BCUT2D eigenvalue weighted by Gasteiger charge is -2.21. The van der Waals surface area contributed by atoms with Gasteiger partial charge in [-0.2, -0.15) is 5.10 Å². The van der Waals surface area contributed by atoms with Gasteiger partial charge >= 0.3 is 0 Å². The molecule has 0 saturated carbocycles. The van der Waals surface area contributed by atoms with Crippen molar-refractivity contribution in [3.05, 3.63) is 107 Å². The van der Waals surface area contributed by atoms with Gasteiger partial charge in [-0.1, -0.05) is 79.4 Å². The Morgan fingerprint density at radius 1 is 1.00 bits per heavy atom. The first-order chi connectivity index (χ1) is 18.0. The second-order valence-electron chi connectivity index (χ2n) is 8.82. The van der Waals surface area contributed by atoms with Gasteiger partial charge in [-0.25, -0.2) is 4.68 Å². The molecule has 186 valence electrons. The van der Waals surface area contributed by atoms with Gasteiger partial charge in [0.25, 0.3) is 5.91 Å². The van der Waals surface area contributed by atoms with E-state index in [0.29, 0.717) is 15.8 Å². The highest BCUT2D eigenvalue weighted by Crippen LogP contribution is 2.36. The predicted molar refractivity (Wildman–Crippen MR) is 155 cm³/mol. The molecule has 1 aromatic heterocycles. The zero-order chi connectivity index (χ0) is 25.8. The van der Waals surface area contributed by atoms with Crippen LogP contribution in [0.3, 0.4) is 0 Å². The molecule has 0 aliphatic carbocycles. The smallest absolute Gasteiger partial charge is 0.266 e. The van der Waals surface area contributed by atoms with E-state index in [2.05, 4.69) is 6.92 Å². The summed E-state index contributed by atoms with van der Waals surface area (Å²) >= 11 is 6.88. The number of carbonyl (C=O) groups excluding carboxylic acids is 1. The third kappa shape index (κ3) is 5.53. The lowest BCUT2D eigenvalue weighted by atomic mass is 10.1. The van der Waals surface area contributed by atoms with Gasteiger partial charge in [0.1, 0.15) is 16.7 Å². The third-order valence-electron chi connectivity index (χ3n) is 6.28. The number of benzene rings is 3. The van der Waals surface area contributed by atoms with E-state index in [9.17, 15) is 4.79 Å². The number of nitrogens with zero attached hydrogens (tertiary/aromatic N) is 3. The molecule has 0 bridgehead atoms. The van der Waals surface area contributed by atoms with Crippen LogP contribution in [0.1, 0.15) is 31.4 Å². The van der Waals surface area contributed by atoms with Crippen molar-refractivity contribution in [2.45, 2.75) is 32.9 Å². The van der Waals surface area contributed by atoms with Crippen molar-refractivity contribution in [3.63, 3.8) is 0 Å². The zero-order valence-corrected chi connectivity index (χ0v) is 22.3. The maximum absolute atomic E-state index is 13.2. The zero-order valence-electron chi connectivity index (χ0n) is 20.7. The second-order valence-corrected chi connectivity index (χ2v) is 10.5. The van der Waals surface area contributed by atoms with Gasteiger partial charge in [-0.05, 0) is 61.4 Å². The molecule has 37 heavy (non-hydrogen) atoms. The first-order valence-electron chi connectivity index (χ1n) is 12.2. The Hall–Kier alpha value is -3.68. The Labute approximate surface area is 226 Å². The van der Waals surface area contributed by atoms with E-state index in [-0.39, 0.29) is 11.9 Å². The van der Waals surface area contributed by atoms with Gasteiger partial charge < -0.3 is 4.74 Å². The standard InChI is InChI=1S/C30H27N3O2S2/c1-3-21(2)33-29(34)27(37-30(33)36)18-24-19-32(25-12-8-5-9-13-25)31-28(24)23-14-16-26(17-15-23)35-20-22-10-6-4-7-11-22/h4-19,21H,3,20H2,1-2H3/b27-18-/t21-/m1/s1. The summed E-state index contributed by atoms with van der Waals surface area (Å²) in [6, 6.07) is 28.0. The summed E-state index contributed by atoms with van der Waals surface area (Å²) < 4.78 is 8.40. The molecule has 0 radical (unpaired) electrons. The van der Waals surface area contributed by atoms with Crippen molar-refractivity contribution in [2.24, 2.45) is 0 Å². The molecule has 4 aromatic rings. The molecule has 1 aliphatic rings. The lowest BCUT2D eigenvalue weighted by molar-refractivity contribution is -0.123. The molecule has 5 rings (SSSR count). The first-order valence-corrected chi connectivity index (χ1v) is 13.4. The number of aromatic nitrogens is 2. The number of hydrogen-bond acceptors (Lipinski definition) is 5. The number of thiocarbonyl (C=S) groups is 1. The highest BCUT2D eigenvalue weighted by Gasteiger charge is 2.35. The van der Waals surface area contributed by atoms with Gasteiger partial charge in [0.15, 0.2) is 0 Å². The van der Waals surface area contributed by atoms with E-state index in [0.717, 1.165) is 40.2 Å². The van der Waals surface area contributed by atoms with Crippen molar-refractivity contribution >= 4 is 40.3 Å². The maximum atomic E-state index is 13.2. The Morgan fingerprint density at radius 2 is 1.68 bits per heavy atom. The quantitative estimate of drug-likeness (QED) is 0.181. The SMILES string of the molecule is CC[C@@H](C)N1C(=O)/C(=C/c2cn(-c3ccccc3)nc2-c2ccc(OCc3ccccc3)cc2)SC1=S. The molecular formula is C30H27N3O2S2. The highest BCUT2D eigenvalue weighted by atomic mass is 32.2. The number of para-hydroxylation sites is 1. The van der Waals surface area contributed by atoms with Crippen LogP contribution in [-0.4, -0.2) is 30.9 Å². The average Bonchev–Trinajstić information content (AvgIpc) is 3.48. The van der Waals surface area contributed by atoms with Crippen LogP contribution in [0.15, 0.2) is 96.0 Å². The summed E-state index contributed by atoms with van der Waals surface area (Å²) in [6.07, 6.45) is 4.71. The molecule has 1 saturated heterocycles. The van der Waals surface area contributed by atoms with E-state index in [4.69, 9.17) is 22.1 Å². The molecular weight excluding hydrogens is 498 g/mol. The lowest BCUT2D eigenvalue weighted by Crippen LogP contribution is -2.36. The second kappa shape index (κ2) is 11.2. The fraction of sp³-hybridized carbons (Fsp3) is 0.167. The van der Waals surface area contributed by atoms with Crippen molar-refractivity contribution in [1.82, 2.24) is 14.7 Å². The van der Waals surface area contributed by atoms with Gasteiger partial charge in [-0.15, -0.1) is 0 Å². The number of carbonyl (C=O) groups is 1. The topological polar surface area (TPSA) is 47.4 Å². The first kappa shape index (κ1) is 25.0. The van der Waals surface area contributed by atoms with Crippen molar-refractivity contribution in [2.75, 3.05) is 0 Å². The minimum absolute atomic E-state index is 0.0487. The van der Waals surface area contributed by atoms with Crippen LogP contribution in [0, 0.1) is 0 Å². The summed E-state index contributed by atoms with van der Waals surface area (Å²) in [5.41, 5.74) is 4.63. The molecule has 1 aliphatic heterocycles. The largest absolute Gasteiger partial charge is 0.489 e. The Morgan fingerprint density at radius 3 is 2.35 bits per heavy atom. The molecule has 0 unspecified atom stereocenters. The van der Waals surface area contributed by atoms with E-state index < -0.39 is 0 Å². The van der Waals surface area contributed by atoms with Crippen LogP contribution in [0.4, 0.5) is 0 Å². The fourth-order valence-corrected chi connectivity index (χ4v) is 5.52. The van der Waals surface area contributed by atoms with Crippen molar-refractivity contribution in [3.8, 4) is 22.7 Å².